The SMILES string of the molecule is CC(=O)c1ccc(S(=O)(=O)NCC2CCN(C(=O)C(=O)c3cccs3)CC2)cc1. The van der Waals surface area contributed by atoms with Crippen molar-refractivity contribution in [3.05, 3.63) is 52.2 Å². The minimum atomic E-state index is -3.67. The van der Waals surface area contributed by atoms with Gasteiger partial charge in [0, 0.05) is 25.2 Å². The number of amides is 1. The van der Waals surface area contributed by atoms with Crippen LogP contribution < -0.4 is 4.72 Å². The van der Waals surface area contributed by atoms with Crippen LogP contribution in [0.3, 0.4) is 0 Å². The van der Waals surface area contributed by atoms with Gasteiger partial charge in [0.2, 0.25) is 10.0 Å². The van der Waals surface area contributed by atoms with E-state index in [0.717, 1.165) is 0 Å². The number of thiophene rings is 1. The van der Waals surface area contributed by atoms with Crippen molar-refractivity contribution < 1.29 is 22.8 Å². The van der Waals surface area contributed by atoms with Gasteiger partial charge in [0.25, 0.3) is 11.7 Å². The topological polar surface area (TPSA) is 101 Å². The van der Waals surface area contributed by atoms with Crippen LogP contribution in [-0.2, 0) is 14.8 Å². The summed E-state index contributed by atoms with van der Waals surface area (Å²) < 4.78 is 27.5. The monoisotopic (exact) mass is 434 g/mol. The molecule has 1 fully saturated rings. The van der Waals surface area contributed by atoms with E-state index < -0.39 is 21.7 Å². The lowest BCUT2D eigenvalue weighted by Gasteiger charge is -2.31. The zero-order valence-electron chi connectivity index (χ0n) is 16.0. The Hall–Kier alpha value is -2.36. The zero-order valence-corrected chi connectivity index (χ0v) is 17.6. The maximum atomic E-state index is 12.4. The highest BCUT2D eigenvalue weighted by Crippen LogP contribution is 2.20. The summed E-state index contributed by atoms with van der Waals surface area (Å²) in [5, 5.41) is 1.76. The second-order valence-electron chi connectivity index (χ2n) is 6.97. The number of likely N-dealkylation sites (tertiary alicyclic amines) is 1. The van der Waals surface area contributed by atoms with Gasteiger partial charge in [-0.1, -0.05) is 18.2 Å². The molecule has 0 bridgehead atoms. The first-order valence-corrected chi connectivity index (χ1v) is 11.6. The predicted octanol–water partition coefficient (Wildman–Crippen LogP) is 2.35. The molecule has 154 valence electrons. The predicted molar refractivity (Wildman–Crippen MR) is 110 cm³/mol. The molecule has 1 N–H and O–H groups in total. The van der Waals surface area contributed by atoms with Crippen LogP contribution in [0.25, 0.3) is 0 Å². The number of piperidine rings is 1. The van der Waals surface area contributed by atoms with Gasteiger partial charge in [-0.3, -0.25) is 14.4 Å². The lowest BCUT2D eigenvalue weighted by Crippen LogP contribution is -2.44. The van der Waals surface area contributed by atoms with Crippen molar-refractivity contribution >= 4 is 38.8 Å². The molecule has 1 aromatic carbocycles. The normalized spacial score (nSPS) is 15.3. The van der Waals surface area contributed by atoms with E-state index in [9.17, 15) is 22.8 Å². The Kier molecular flexibility index (Phi) is 6.61. The van der Waals surface area contributed by atoms with E-state index in [4.69, 9.17) is 0 Å². The number of hydrogen-bond acceptors (Lipinski definition) is 6. The second-order valence-corrected chi connectivity index (χ2v) is 9.69. The Morgan fingerprint density at radius 1 is 1.10 bits per heavy atom. The number of hydrogen-bond donors (Lipinski definition) is 1. The van der Waals surface area contributed by atoms with Crippen molar-refractivity contribution in [2.45, 2.75) is 24.7 Å². The van der Waals surface area contributed by atoms with E-state index in [1.54, 1.807) is 17.5 Å². The smallest absolute Gasteiger partial charge is 0.295 e. The lowest BCUT2D eigenvalue weighted by molar-refractivity contribution is -0.127. The molecular weight excluding hydrogens is 412 g/mol. The van der Waals surface area contributed by atoms with Crippen molar-refractivity contribution in [3.63, 3.8) is 0 Å². The Bertz CT molecular complexity index is 990. The second kappa shape index (κ2) is 8.98. The summed E-state index contributed by atoms with van der Waals surface area (Å²) >= 11 is 1.24. The molecule has 2 heterocycles. The first kappa shape index (κ1) is 21.4. The van der Waals surface area contributed by atoms with Crippen LogP contribution in [0.4, 0.5) is 0 Å². The third-order valence-electron chi connectivity index (χ3n) is 4.97. The number of carbonyl (C=O) groups is 3. The quantitative estimate of drug-likeness (QED) is 0.533. The van der Waals surface area contributed by atoms with Crippen LogP contribution in [0.5, 0.6) is 0 Å². The van der Waals surface area contributed by atoms with Crippen LogP contribution in [0, 0.1) is 5.92 Å². The standard InChI is InChI=1S/C20H22N2O5S2/c1-14(23)16-4-6-17(7-5-16)29(26,27)21-13-15-8-10-22(11-9-15)20(25)19(24)18-3-2-12-28-18/h2-7,12,15,21H,8-11,13H2,1H3. The van der Waals surface area contributed by atoms with E-state index in [-0.39, 0.29) is 23.1 Å². The van der Waals surface area contributed by atoms with Gasteiger partial charge in [0.1, 0.15) is 0 Å². The largest absolute Gasteiger partial charge is 0.336 e. The van der Waals surface area contributed by atoms with Gasteiger partial charge in [0.15, 0.2) is 5.78 Å². The summed E-state index contributed by atoms with van der Waals surface area (Å²) in [4.78, 5) is 37.9. The van der Waals surface area contributed by atoms with Gasteiger partial charge >= 0.3 is 0 Å². The van der Waals surface area contributed by atoms with Crippen molar-refractivity contribution in [1.82, 2.24) is 9.62 Å². The number of sulfonamides is 1. The molecule has 0 aliphatic carbocycles. The van der Waals surface area contributed by atoms with Gasteiger partial charge in [-0.05, 0) is 49.3 Å². The molecule has 0 atom stereocenters. The van der Waals surface area contributed by atoms with E-state index in [1.807, 2.05) is 0 Å². The van der Waals surface area contributed by atoms with Gasteiger partial charge in [-0.15, -0.1) is 11.3 Å². The van der Waals surface area contributed by atoms with Crippen LogP contribution in [0.15, 0.2) is 46.7 Å². The van der Waals surface area contributed by atoms with Crippen molar-refractivity contribution in [3.8, 4) is 0 Å². The van der Waals surface area contributed by atoms with E-state index in [2.05, 4.69) is 4.72 Å². The molecule has 9 heteroatoms. The highest BCUT2D eigenvalue weighted by molar-refractivity contribution is 7.89. The fourth-order valence-corrected chi connectivity index (χ4v) is 4.95. The molecule has 3 rings (SSSR count). The molecule has 7 nitrogen and oxygen atoms in total. The van der Waals surface area contributed by atoms with E-state index >= 15 is 0 Å². The molecule has 2 aromatic rings. The molecule has 0 radical (unpaired) electrons. The number of nitrogens with one attached hydrogen (secondary N) is 1. The first-order valence-electron chi connectivity index (χ1n) is 9.25. The molecule has 1 aromatic heterocycles. The third kappa shape index (κ3) is 5.17. The van der Waals surface area contributed by atoms with Crippen LogP contribution >= 0.6 is 11.3 Å². The summed E-state index contributed by atoms with van der Waals surface area (Å²) in [5.41, 5.74) is 0.457. The van der Waals surface area contributed by atoms with Gasteiger partial charge < -0.3 is 4.90 Å². The summed E-state index contributed by atoms with van der Waals surface area (Å²) in [5.74, 6) is -1.03. The molecular formula is C20H22N2O5S2. The Labute approximate surface area is 173 Å². The van der Waals surface area contributed by atoms with Crippen LogP contribution in [0.1, 0.15) is 39.8 Å². The molecule has 29 heavy (non-hydrogen) atoms. The Balaban J connectivity index is 1.51. The molecule has 1 amide bonds. The van der Waals surface area contributed by atoms with Crippen LogP contribution in [-0.4, -0.2) is 50.4 Å². The molecule has 0 saturated carbocycles. The molecule has 1 saturated heterocycles. The maximum Gasteiger partial charge on any atom is 0.295 e. The van der Waals surface area contributed by atoms with Crippen molar-refractivity contribution in [2.24, 2.45) is 5.92 Å². The lowest BCUT2D eigenvalue weighted by atomic mass is 9.97. The number of nitrogens with zero attached hydrogens (tertiary/aromatic N) is 1. The molecule has 1 aliphatic heterocycles. The van der Waals surface area contributed by atoms with Crippen molar-refractivity contribution in [1.29, 1.82) is 0 Å². The van der Waals surface area contributed by atoms with Gasteiger partial charge in [-0.2, -0.15) is 0 Å². The van der Waals surface area contributed by atoms with E-state index in [1.165, 1.54) is 47.4 Å². The highest BCUT2D eigenvalue weighted by Gasteiger charge is 2.28. The maximum absolute atomic E-state index is 12.4. The first-order chi connectivity index (χ1) is 13.8. The van der Waals surface area contributed by atoms with Crippen molar-refractivity contribution in [2.75, 3.05) is 19.6 Å². The van der Waals surface area contributed by atoms with Gasteiger partial charge in [-0.25, -0.2) is 13.1 Å². The molecule has 1 aliphatic rings. The van der Waals surface area contributed by atoms with Crippen LogP contribution in [0.2, 0.25) is 0 Å². The minimum Gasteiger partial charge on any atom is -0.336 e. The number of carbonyl (C=O) groups excluding carboxylic acids is 3. The van der Waals surface area contributed by atoms with E-state index in [0.29, 0.717) is 36.4 Å². The highest BCUT2D eigenvalue weighted by atomic mass is 32.2. The van der Waals surface area contributed by atoms with Gasteiger partial charge in [0.05, 0.1) is 9.77 Å². The fourth-order valence-electron chi connectivity index (χ4n) is 3.18. The third-order valence-corrected chi connectivity index (χ3v) is 7.28. The minimum absolute atomic E-state index is 0.0853. The fraction of sp³-hybridized carbons (Fsp3) is 0.350. The average Bonchev–Trinajstić information content (AvgIpc) is 3.26. The average molecular weight is 435 g/mol. The molecule has 0 unspecified atom stereocenters. The Morgan fingerprint density at radius 3 is 2.31 bits per heavy atom. The summed E-state index contributed by atoms with van der Waals surface area (Å²) in [6, 6.07) is 9.18. The molecule has 0 spiro atoms. The Morgan fingerprint density at radius 2 is 1.76 bits per heavy atom. The summed E-state index contributed by atoms with van der Waals surface area (Å²) in [6.07, 6.45) is 1.24. The number of ketones is 2. The number of rotatable bonds is 7. The number of benzene rings is 1. The summed E-state index contributed by atoms with van der Waals surface area (Å²) in [7, 11) is -3.67. The number of Topliss-reactive ketones (excluding diaryl/α,β-unsaturated/α-hetero) is 2. The zero-order chi connectivity index (χ0) is 21.0. The summed E-state index contributed by atoms with van der Waals surface area (Å²) in [6.45, 7) is 2.54.